The minimum absolute atomic E-state index is 0.377. The number of hydrogen-bond acceptors (Lipinski definition) is 5. The molecule has 6 N–H and O–H groups in total. The van der Waals surface area contributed by atoms with Crippen LogP contribution in [0.4, 0.5) is 0 Å². The third-order valence-corrected chi connectivity index (χ3v) is 4.67. The van der Waals surface area contributed by atoms with Gasteiger partial charge in [-0.2, -0.15) is 0 Å². The molecule has 0 saturated carbocycles. The number of carbonyl (C=O) groups excluding carboxylic acids is 2. The number of rotatable bonds is 7. The van der Waals surface area contributed by atoms with Gasteiger partial charge in [0, 0.05) is 12.5 Å². The summed E-state index contributed by atoms with van der Waals surface area (Å²) >= 11 is 0. The molecule has 0 unspecified atom stereocenters. The van der Waals surface area contributed by atoms with Crippen molar-refractivity contribution >= 4 is 11.9 Å². The Morgan fingerprint density at radius 2 is 1.08 bits per heavy atom. The van der Waals surface area contributed by atoms with E-state index in [9.17, 15) is 0 Å². The number of benzene rings is 3. The Morgan fingerprint density at radius 1 is 0.718 bits per heavy atom. The summed E-state index contributed by atoms with van der Waals surface area (Å²) in [4.78, 5) is 17.9. The van der Waals surface area contributed by atoms with Gasteiger partial charge in [-0.15, -0.1) is 0 Å². The predicted octanol–water partition coefficient (Wildman–Crippen LogP) is 1.80. The zero-order valence-electron chi connectivity index (χ0n) is 24.3. The van der Waals surface area contributed by atoms with E-state index in [1.54, 1.807) is 0 Å². The number of hydrogen-bond donors (Lipinski definition) is 2. The molecule has 0 aliphatic heterocycles. The van der Waals surface area contributed by atoms with E-state index in [2.05, 4.69) is 132 Å². The Hall–Kier alpha value is -3.52. The minimum Gasteiger partial charge on any atom is -0.543 e. The van der Waals surface area contributed by atoms with Gasteiger partial charge in [-0.1, -0.05) is 90.0 Å². The SMILES string of the molecule is CC(C)[NH3+].CC(C)[NH3+].Cc1cc(C)cc(COCCC(c2ccccc2)c2ccccc2)c1.O=C([O-])C(=O)[O-]. The maximum absolute atomic E-state index is 8.93. The van der Waals surface area contributed by atoms with Crippen LogP contribution < -0.4 is 21.7 Å². The highest BCUT2D eigenvalue weighted by molar-refractivity contribution is 6.25. The van der Waals surface area contributed by atoms with Crippen molar-refractivity contribution in [2.45, 2.75) is 72.6 Å². The molecular formula is C32H46N2O5. The molecule has 0 bridgehead atoms. The van der Waals surface area contributed by atoms with Crippen LogP contribution in [0.2, 0.25) is 0 Å². The molecule has 0 spiro atoms. The van der Waals surface area contributed by atoms with Gasteiger partial charge >= 0.3 is 0 Å². The molecule has 3 rings (SSSR count). The van der Waals surface area contributed by atoms with Crippen LogP contribution in [0.5, 0.6) is 0 Å². The first-order chi connectivity index (χ1) is 18.3. The van der Waals surface area contributed by atoms with Crippen LogP contribution in [-0.2, 0) is 20.9 Å². The van der Waals surface area contributed by atoms with Crippen molar-refractivity contribution in [3.63, 3.8) is 0 Å². The van der Waals surface area contributed by atoms with Crippen LogP contribution in [0.1, 0.15) is 67.9 Å². The molecule has 0 amide bonds. The second kappa shape index (κ2) is 20.4. The third-order valence-electron chi connectivity index (χ3n) is 4.67. The zero-order valence-corrected chi connectivity index (χ0v) is 24.3. The van der Waals surface area contributed by atoms with Gasteiger partial charge in [0.1, 0.15) is 0 Å². The largest absolute Gasteiger partial charge is 0.543 e. The van der Waals surface area contributed by atoms with Gasteiger partial charge in [0.05, 0.1) is 30.6 Å². The summed E-state index contributed by atoms with van der Waals surface area (Å²) in [5.74, 6) is -3.99. The quantitative estimate of drug-likeness (QED) is 0.348. The summed E-state index contributed by atoms with van der Waals surface area (Å²) in [6, 6.07) is 29.2. The normalized spacial score (nSPS) is 10.0. The highest BCUT2D eigenvalue weighted by Crippen LogP contribution is 2.27. The number of carboxylic acid groups (broad SMARTS) is 2. The van der Waals surface area contributed by atoms with Crippen molar-refractivity contribution in [1.29, 1.82) is 0 Å². The maximum Gasteiger partial charge on any atom is 0.0870 e. The first kappa shape index (κ1) is 35.5. The lowest BCUT2D eigenvalue weighted by molar-refractivity contribution is -0.408. The standard InChI is InChI=1S/C24H26O.2C3H9N.C2H2O4/c1-19-15-20(2)17-21(16-19)18-25-14-13-24(22-9-5-3-6-10-22)23-11-7-4-8-12-23;2*1-3(2)4;3-1(4)2(5)6/h3-12,15-17,24H,13-14,18H2,1-2H3;2*3H,4H2,1-2H3;(H,3,4)(H,5,6). The van der Waals surface area contributed by atoms with E-state index < -0.39 is 11.9 Å². The second-order valence-electron chi connectivity index (χ2n) is 10.1. The Kier molecular flexibility index (Phi) is 18.6. The fourth-order valence-electron chi connectivity index (χ4n) is 3.44. The van der Waals surface area contributed by atoms with Crippen LogP contribution in [0.25, 0.3) is 0 Å². The van der Waals surface area contributed by atoms with Gasteiger partial charge in [0.25, 0.3) is 0 Å². The van der Waals surface area contributed by atoms with Gasteiger partial charge < -0.3 is 36.0 Å². The van der Waals surface area contributed by atoms with E-state index in [0.29, 0.717) is 24.6 Å². The van der Waals surface area contributed by atoms with E-state index in [4.69, 9.17) is 24.5 Å². The first-order valence-corrected chi connectivity index (χ1v) is 13.2. The fourth-order valence-corrected chi connectivity index (χ4v) is 3.44. The molecule has 39 heavy (non-hydrogen) atoms. The maximum atomic E-state index is 8.93. The number of carbonyl (C=O) groups is 2. The molecule has 3 aromatic carbocycles. The second-order valence-corrected chi connectivity index (χ2v) is 10.1. The number of quaternary nitrogens is 2. The van der Waals surface area contributed by atoms with Gasteiger partial charge in [-0.3, -0.25) is 0 Å². The van der Waals surface area contributed by atoms with Crippen molar-refractivity contribution < 1.29 is 36.0 Å². The highest BCUT2D eigenvalue weighted by Gasteiger charge is 2.13. The summed E-state index contributed by atoms with van der Waals surface area (Å²) < 4.78 is 6.00. The van der Waals surface area contributed by atoms with Crippen LogP contribution in [0.15, 0.2) is 78.9 Å². The number of aliphatic carboxylic acids is 2. The number of aryl methyl sites for hydroxylation is 2. The summed E-state index contributed by atoms with van der Waals surface area (Å²) in [6.07, 6.45) is 0.985. The van der Waals surface area contributed by atoms with Gasteiger partial charge in [0.2, 0.25) is 0 Å². The van der Waals surface area contributed by atoms with E-state index in [1.165, 1.54) is 27.8 Å². The molecular weight excluding hydrogens is 492 g/mol. The van der Waals surface area contributed by atoms with Crippen molar-refractivity contribution in [1.82, 2.24) is 0 Å². The lowest BCUT2D eigenvalue weighted by atomic mass is 9.89. The van der Waals surface area contributed by atoms with Gasteiger partial charge in [0.15, 0.2) is 0 Å². The smallest absolute Gasteiger partial charge is 0.0870 e. The summed E-state index contributed by atoms with van der Waals surface area (Å²) in [5, 5.41) is 17.9. The molecule has 0 aliphatic rings. The van der Waals surface area contributed by atoms with Crippen LogP contribution in [0, 0.1) is 13.8 Å². The molecule has 7 nitrogen and oxygen atoms in total. The van der Waals surface area contributed by atoms with Gasteiger partial charge in [-0.25, -0.2) is 0 Å². The highest BCUT2D eigenvalue weighted by atomic mass is 16.5. The van der Waals surface area contributed by atoms with Gasteiger partial charge in [-0.05, 0) is 64.7 Å². The zero-order chi connectivity index (χ0) is 29.8. The topological polar surface area (TPSA) is 145 Å². The molecule has 0 saturated heterocycles. The van der Waals surface area contributed by atoms with E-state index in [0.717, 1.165) is 13.0 Å². The van der Waals surface area contributed by atoms with E-state index in [-0.39, 0.29) is 0 Å². The number of carboxylic acids is 2. The lowest BCUT2D eigenvalue weighted by Crippen LogP contribution is -2.57. The molecule has 0 radical (unpaired) electrons. The molecule has 0 aliphatic carbocycles. The third kappa shape index (κ3) is 19.2. The monoisotopic (exact) mass is 538 g/mol. The molecule has 7 heteroatoms. The van der Waals surface area contributed by atoms with Crippen molar-refractivity contribution in [3.05, 3.63) is 107 Å². The number of ether oxygens (including phenoxy) is 1. The van der Waals surface area contributed by atoms with Crippen molar-refractivity contribution in [2.24, 2.45) is 0 Å². The molecule has 0 aromatic heterocycles. The predicted molar refractivity (Wildman–Crippen MR) is 151 cm³/mol. The molecule has 0 atom stereocenters. The van der Waals surface area contributed by atoms with Crippen LogP contribution >= 0.6 is 0 Å². The molecule has 3 aromatic rings. The summed E-state index contributed by atoms with van der Waals surface area (Å²) in [7, 11) is 0. The Bertz CT molecular complexity index is 987. The Balaban J connectivity index is 0.000000856. The average molecular weight is 539 g/mol. The Labute approximate surface area is 233 Å². The molecule has 0 fully saturated rings. The minimum atomic E-state index is -2.19. The Morgan fingerprint density at radius 3 is 1.41 bits per heavy atom. The molecule has 0 heterocycles. The van der Waals surface area contributed by atoms with Crippen molar-refractivity contribution in [3.8, 4) is 0 Å². The van der Waals surface area contributed by atoms with E-state index >= 15 is 0 Å². The first-order valence-electron chi connectivity index (χ1n) is 13.2. The van der Waals surface area contributed by atoms with Crippen LogP contribution in [-0.4, -0.2) is 30.6 Å². The lowest BCUT2D eigenvalue weighted by Gasteiger charge is -2.18. The van der Waals surface area contributed by atoms with Crippen molar-refractivity contribution in [2.75, 3.05) is 6.61 Å². The summed E-state index contributed by atoms with van der Waals surface area (Å²) in [5.41, 5.74) is 13.8. The average Bonchev–Trinajstić information content (AvgIpc) is 2.84. The van der Waals surface area contributed by atoms with E-state index in [1.807, 2.05) is 0 Å². The fraction of sp³-hybridized carbons (Fsp3) is 0.375. The summed E-state index contributed by atoms with van der Waals surface area (Å²) in [6.45, 7) is 13.9. The molecule has 214 valence electrons. The van der Waals surface area contributed by atoms with Crippen LogP contribution in [0.3, 0.4) is 0 Å².